The number of ketones is 1. The van der Waals surface area contributed by atoms with E-state index in [2.05, 4.69) is 5.10 Å². The minimum atomic E-state index is -0.0496. The van der Waals surface area contributed by atoms with Gasteiger partial charge >= 0.3 is 0 Å². The number of carbonyl (C=O) groups excluding carboxylic acids is 1. The zero-order chi connectivity index (χ0) is 13.1. The van der Waals surface area contributed by atoms with Gasteiger partial charge in [-0.05, 0) is 30.7 Å². The Morgan fingerprint density at radius 2 is 2.11 bits per heavy atom. The lowest BCUT2D eigenvalue weighted by atomic mass is 10.1. The topological polar surface area (TPSA) is 34.9 Å². The highest BCUT2D eigenvalue weighted by molar-refractivity contribution is 6.35. The maximum Gasteiger partial charge on any atom is 0.187 e. The van der Waals surface area contributed by atoms with Crippen LogP contribution < -0.4 is 0 Å². The van der Waals surface area contributed by atoms with Gasteiger partial charge in [0, 0.05) is 29.2 Å². The summed E-state index contributed by atoms with van der Waals surface area (Å²) in [6.45, 7) is 2.71. The number of carbonyl (C=O) groups is 1. The van der Waals surface area contributed by atoms with E-state index >= 15 is 0 Å². The van der Waals surface area contributed by atoms with Crippen LogP contribution in [0.4, 0.5) is 0 Å². The van der Waals surface area contributed by atoms with Crippen molar-refractivity contribution >= 4 is 29.0 Å². The Hall–Kier alpha value is -1.32. The highest BCUT2D eigenvalue weighted by atomic mass is 35.5. The number of aromatic nitrogens is 2. The molecule has 0 N–H and O–H groups in total. The largest absolute Gasteiger partial charge is 0.292 e. The van der Waals surface area contributed by atoms with Crippen LogP contribution in [0.5, 0.6) is 0 Å². The van der Waals surface area contributed by atoms with Gasteiger partial charge in [0.1, 0.15) is 5.69 Å². The van der Waals surface area contributed by atoms with E-state index in [0.29, 0.717) is 15.7 Å². The van der Waals surface area contributed by atoms with Crippen LogP contribution in [0.2, 0.25) is 10.0 Å². The molecule has 0 amide bonds. The predicted molar refractivity (Wildman–Crippen MR) is 72.4 cm³/mol. The van der Waals surface area contributed by atoms with E-state index in [9.17, 15) is 4.79 Å². The van der Waals surface area contributed by atoms with E-state index in [1.54, 1.807) is 35.1 Å². The molecule has 0 aliphatic carbocycles. The third-order valence-electron chi connectivity index (χ3n) is 2.62. The molecule has 0 radical (unpaired) electrons. The fraction of sp³-hybridized carbons (Fsp3) is 0.231. The van der Waals surface area contributed by atoms with E-state index < -0.39 is 0 Å². The number of benzene rings is 1. The van der Waals surface area contributed by atoms with Crippen molar-refractivity contribution in [3.63, 3.8) is 0 Å². The van der Waals surface area contributed by atoms with E-state index in [1.807, 2.05) is 6.92 Å². The highest BCUT2D eigenvalue weighted by Crippen LogP contribution is 2.22. The SMILES string of the molecule is CCn1ccc(C(=O)Cc2ccc(Cl)cc2Cl)n1. The van der Waals surface area contributed by atoms with Crippen molar-refractivity contribution in [3.8, 4) is 0 Å². The van der Waals surface area contributed by atoms with Crippen molar-refractivity contribution in [2.75, 3.05) is 0 Å². The molecule has 2 aromatic rings. The summed E-state index contributed by atoms with van der Waals surface area (Å²) in [5.74, 6) is -0.0496. The summed E-state index contributed by atoms with van der Waals surface area (Å²) < 4.78 is 1.72. The Kier molecular flexibility index (Phi) is 4.04. The Morgan fingerprint density at radius 3 is 2.72 bits per heavy atom. The molecule has 0 unspecified atom stereocenters. The van der Waals surface area contributed by atoms with Gasteiger partial charge in [-0.1, -0.05) is 29.3 Å². The predicted octanol–water partition coefficient (Wildman–Crippen LogP) is 3.64. The summed E-state index contributed by atoms with van der Waals surface area (Å²) in [6.07, 6.45) is 2.02. The van der Waals surface area contributed by atoms with Crippen molar-refractivity contribution < 1.29 is 4.79 Å². The standard InChI is InChI=1S/C13H12Cl2N2O/c1-2-17-6-5-12(16-17)13(18)7-9-3-4-10(14)8-11(9)15/h3-6,8H,2,7H2,1H3. The monoisotopic (exact) mass is 282 g/mol. The van der Waals surface area contributed by atoms with Crippen molar-refractivity contribution in [2.24, 2.45) is 0 Å². The zero-order valence-electron chi connectivity index (χ0n) is 9.86. The second kappa shape index (κ2) is 5.55. The van der Waals surface area contributed by atoms with E-state index in [1.165, 1.54) is 0 Å². The van der Waals surface area contributed by atoms with Crippen LogP contribution >= 0.6 is 23.2 Å². The Morgan fingerprint density at radius 1 is 1.33 bits per heavy atom. The third-order valence-corrected chi connectivity index (χ3v) is 3.20. The van der Waals surface area contributed by atoms with E-state index in [0.717, 1.165) is 12.1 Å². The van der Waals surface area contributed by atoms with Gasteiger partial charge in [-0.2, -0.15) is 5.10 Å². The number of rotatable bonds is 4. The molecule has 3 nitrogen and oxygen atoms in total. The van der Waals surface area contributed by atoms with Gasteiger partial charge in [-0.3, -0.25) is 9.48 Å². The summed E-state index contributed by atoms with van der Waals surface area (Å²) in [6, 6.07) is 6.84. The summed E-state index contributed by atoms with van der Waals surface area (Å²) in [5, 5.41) is 5.24. The van der Waals surface area contributed by atoms with Gasteiger partial charge < -0.3 is 0 Å². The second-order valence-corrected chi connectivity index (χ2v) is 4.74. The molecule has 18 heavy (non-hydrogen) atoms. The zero-order valence-corrected chi connectivity index (χ0v) is 11.4. The minimum Gasteiger partial charge on any atom is -0.292 e. The van der Waals surface area contributed by atoms with Crippen LogP contribution in [0.1, 0.15) is 23.0 Å². The van der Waals surface area contributed by atoms with Gasteiger partial charge in [0.05, 0.1) is 0 Å². The minimum absolute atomic E-state index is 0.0496. The Bertz CT molecular complexity index is 578. The molecule has 1 aromatic heterocycles. The molecule has 0 saturated heterocycles. The summed E-state index contributed by atoms with van der Waals surface area (Å²) in [5.41, 5.74) is 1.22. The van der Waals surface area contributed by atoms with Gasteiger partial charge in [-0.25, -0.2) is 0 Å². The average molecular weight is 283 g/mol. The molecule has 0 bridgehead atoms. The lowest BCUT2D eigenvalue weighted by Crippen LogP contribution is -2.06. The van der Waals surface area contributed by atoms with Gasteiger partial charge in [-0.15, -0.1) is 0 Å². The number of nitrogens with zero attached hydrogens (tertiary/aromatic N) is 2. The first-order chi connectivity index (χ1) is 8.60. The van der Waals surface area contributed by atoms with Crippen LogP contribution in [0.25, 0.3) is 0 Å². The molecule has 0 aliphatic heterocycles. The van der Waals surface area contributed by atoms with E-state index in [-0.39, 0.29) is 12.2 Å². The molecule has 94 valence electrons. The first-order valence-corrected chi connectivity index (χ1v) is 6.36. The summed E-state index contributed by atoms with van der Waals surface area (Å²) in [4.78, 5) is 12.0. The maximum absolute atomic E-state index is 12.0. The molecule has 0 aliphatic rings. The van der Waals surface area contributed by atoms with Gasteiger partial charge in [0.25, 0.3) is 0 Å². The number of Topliss-reactive ketones (excluding diaryl/α,β-unsaturated/α-hetero) is 1. The molecule has 0 spiro atoms. The number of aryl methyl sites for hydroxylation is 1. The average Bonchev–Trinajstić information content (AvgIpc) is 2.81. The first kappa shape index (κ1) is 13.1. The molecular weight excluding hydrogens is 271 g/mol. The Labute approximate surface area is 115 Å². The van der Waals surface area contributed by atoms with Gasteiger partial charge in [0.2, 0.25) is 0 Å². The third kappa shape index (κ3) is 2.92. The van der Waals surface area contributed by atoms with Crippen molar-refractivity contribution in [3.05, 3.63) is 51.8 Å². The Balaban J connectivity index is 2.16. The second-order valence-electron chi connectivity index (χ2n) is 3.89. The number of hydrogen-bond acceptors (Lipinski definition) is 2. The molecule has 2 rings (SSSR count). The molecule has 1 heterocycles. The maximum atomic E-state index is 12.0. The van der Waals surface area contributed by atoms with Crippen LogP contribution in [-0.4, -0.2) is 15.6 Å². The first-order valence-electron chi connectivity index (χ1n) is 5.60. The van der Waals surface area contributed by atoms with E-state index in [4.69, 9.17) is 23.2 Å². The molecule has 1 aromatic carbocycles. The van der Waals surface area contributed by atoms with Crippen LogP contribution in [0.15, 0.2) is 30.5 Å². The number of hydrogen-bond donors (Lipinski definition) is 0. The van der Waals surface area contributed by atoms with Crippen LogP contribution in [-0.2, 0) is 13.0 Å². The van der Waals surface area contributed by atoms with Gasteiger partial charge in [0.15, 0.2) is 5.78 Å². The van der Waals surface area contributed by atoms with Crippen LogP contribution in [0.3, 0.4) is 0 Å². The molecule has 0 atom stereocenters. The molecule has 0 saturated carbocycles. The highest BCUT2D eigenvalue weighted by Gasteiger charge is 2.12. The quantitative estimate of drug-likeness (QED) is 0.803. The van der Waals surface area contributed by atoms with Crippen LogP contribution in [0, 0.1) is 0 Å². The molecular formula is C13H12Cl2N2O. The summed E-state index contributed by atoms with van der Waals surface area (Å²) >= 11 is 11.8. The molecule has 5 heteroatoms. The fourth-order valence-corrected chi connectivity index (χ4v) is 2.09. The molecule has 0 fully saturated rings. The fourth-order valence-electron chi connectivity index (χ4n) is 1.62. The van der Waals surface area contributed by atoms with Crippen molar-refractivity contribution in [1.29, 1.82) is 0 Å². The lowest BCUT2D eigenvalue weighted by Gasteiger charge is -2.02. The normalized spacial score (nSPS) is 10.6. The summed E-state index contributed by atoms with van der Waals surface area (Å²) in [7, 11) is 0. The van der Waals surface area contributed by atoms with Crippen molar-refractivity contribution in [2.45, 2.75) is 19.9 Å². The number of halogens is 2. The van der Waals surface area contributed by atoms with Crippen molar-refractivity contribution in [1.82, 2.24) is 9.78 Å². The smallest absolute Gasteiger partial charge is 0.187 e. The lowest BCUT2D eigenvalue weighted by molar-refractivity contribution is 0.0987.